The number of hydrogen-bond donors (Lipinski definition) is 1. The van der Waals surface area contributed by atoms with Gasteiger partial charge in [-0.3, -0.25) is 9.59 Å². The Kier molecular flexibility index (Phi) is 5.58. The second-order valence-corrected chi connectivity index (χ2v) is 7.13. The molecule has 6 nitrogen and oxygen atoms in total. The minimum Gasteiger partial charge on any atom is -0.332 e. The van der Waals surface area contributed by atoms with E-state index in [4.69, 9.17) is 11.6 Å². The summed E-state index contributed by atoms with van der Waals surface area (Å²) in [6.07, 6.45) is 0. The van der Waals surface area contributed by atoms with Crippen LogP contribution < -0.4 is 4.72 Å². The lowest BCUT2D eigenvalue weighted by molar-refractivity contribution is -0.119. The Hall–Kier alpha value is -2.38. The van der Waals surface area contributed by atoms with Gasteiger partial charge in [-0.25, -0.2) is 13.1 Å². The highest BCUT2D eigenvalue weighted by Crippen LogP contribution is 2.15. The average molecular weight is 367 g/mol. The Labute approximate surface area is 145 Å². The van der Waals surface area contributed by atoms with Gasteiger partial charge in [-0.05, 0) is 30.3 Å². The third-order valence-electron chi connectivity index (χ3n) is 3.10. The van der Waals surface area contributed by atoms with Crippen LogP contribution in [-0.2, 0) is 14.8 Å². The van der Waals surface area contributed by atoms with Crippen molar-refractivity contribution in [2.45, 2.75) is 4.90 Å². The Balaban J connectivity index is 2.03. The minimum atomic E-state index is -4.04. The first-order chi connectivity index (χ1) is 11.3. The monoisotopic (exact) mass is 366 g/mol. The van der Waals surface area contributed by atoms with Crippen LogP contribution in [0.25, 0.3) is 0 Å². The van der Waals surface area contributed by atoms with E-state index in [2.05, 4.69) is 0 Å². The second-order valence-electron chi connectivity index (χ2n) is 5.01. The van der Waals surface area contributed by atoms with E-state index in [-0.39, 0.29) is 15.8 Å². The van der Waals surface area contributed by atoms with E-state index in [1.165, 1.54) is 31.3 Å². The molecule has 0 aliphatic heterocycles. The summed E-state index contributed by atoms with van der Waals surface area (Å²) >= 11 is 5.75. The van der Waals surface area contributed by atoms with Crippen LogP contribution in [0, 0.1) is 0 Å². The zero-order chi connectivity index (χ0) is 17.7. The highest BCUT2D eigenvalue weighted by Gasteiger charge is 2.21. The van der Waals surface area contributed by atoms with Gasteiger partial charge in [0.15, 0.2) is 0 Å². The summed E-state index contributed by atoms with van der Waals surface area (Å²) in [5.41, 5.74) is 0.408. The van der Waals surface area contributed by atoms with Crippen molar-refractivity contribution in [1.82, 2.24) is 9.62 Å². The molecule has 2 aromatic carbocycles. The lowest BCUT2D eigenvalue weighted by atomic mass is 10.2. The summed E-state index contributed by atoms with van der Waals surface area (Å²) in [6, 6.07) is 13.9. The third kappa shape index (κ3) is 4.56. The van der Waals surface area contributed by atoms with Crippen molar-refractivity contribution in [3.8, 4) is 0 Å². The van der Waals surface area contributed by atoms with Crippen LogP contribution in [0.5, 0.6) is 0 Å². The van der Waals surface area contributed by atoms with Crippen molar-refractivity contribution in [3.63, 3.8) is 0 Å². The van der Waals surface area contributed by atoms with Crippen molar-refractivity contribution >= 4 is 33.4 Å². The number of halogens is 1. The molecule has 126 valence electrons. The maximum absolute atomic E-state index is 12.1. The van der Waals surface area contributed by atoms with Crippen LogP contribution in [0.1, 0.15) is 10.4 Å². The highest BCUT2D eigenvalue weighted by molar-refractivity contribution is 7.90. The van der Waals surface area contributed by atoms with Crippen LogP contribution in [-0.4, -0.2) is 38.7 Å². The SMILES string of the molecule is CN(CC(=O)NS(=O)(=O)c1cccc(Cl)c1)C(=O)c1ccccc1. The molecule has 2 amide bonds. The second kappa shape index (κ2) is 7.46. The molecule has 8 heteroatoms. The van der Waals surface area contributed by atoms with Gasteiger partial charge < -0.3 is 4.90 Å². The molecule has 0 saturated carbocycles. The lowest BCUT2D eigenvalue weighted by Crippen LogP contribution is -2.40. The topological polar surface area (TPSA) is 83.6 Å². The first-order valence-corrected chi connectivity index (χ1v) is 8.77. The number of sulfonamides is 1. The van der Waals surface area contributed by atoms with Crippen LogP contribution in [0.2, 0.25) is 5.02 Å². The molecule has 0 radical (unpaired) electrons. The van der Waals surface area contributed by atoms with Gasteiger partial charge in [0.2, 0.25) is 0 Å². The average Bonchev–Trinajstić information content (AvgIpc) is 2.54. The molecule has 2 aromatic rings. The number of hydrogen-bond acceptors (Lipinski definition) is 4. The zero-order valence-electron chi connectivity index (χ0n) is 12.8. The van der Waals surface area contributed by atoms with Crippen LogP contribution in [0.3, 0.4) is 0 Å². The Bertz CT molecular complexity index is 853. The quantitative estimate of drug-likeness (QED) is 0.876. The first kappa shape index (κ1) is 18.0. The highest BCUT2D eigenvalue weighted by atomic mass is 35.5. The summed E-state index contributed by atoms with van der Waals surface area (Å²) in [6.45, 7) is -0.395. The van der Waals surface area contributed by atoms with Gasteiger partial charge in [0.05, 0.1) is 4.90 Å². The van der Waals surface area contributed by atoms with Crippen LogP contribution >= 0.6 is 11.6 Å². The normalized spacial score (nSPS) is 10.9. The Morgan fingerprint density at radius 1 is 1.08 bits per heavy atom. The molecule has 0 unspecified atom stereocenters. The van der Waals surface area contributed by atoms with E-state index < -0.39 is 22.5 Å². The third-order valence-corrected chi connectivity index (χ3v) is 4.71. The number of carbonyl (C=O) groups is 2. The fraction of sp³-hybridized carbons (Fsp3) is 0.125. The number of rotatable bonds is 5. The molecule has 24 heavy (non-hydrogen) atoms. The fourth-order valence-electron chi connectivity index (χ4n) is 1.96. The van der Waals surface area contributed by atoms with E-state index in [9.17, 15) is 18.0 Å². The number of amides is 2. The summed E-state index contributed by atoms with van der Waals surface area (Å²) in [5, 5.41) is 0.238. The molecular weight excluding hydrogens is 352 g/mol. The van der Waals surface area contributed by atoms with Gasteiger partial charge in [-0.15, -0.1) is 0 Å². The molecule has 0 aromatic heterocycles. The zero-order valence-corrected chi connectivity index (χ0v) is 14.3. The maximum Gasteiger partial charge on any atom is 0.264 e. The number of likely N-dealkylation sites (N-methyl/N-ethyl adjacent to an activating group) is 1. The van der Waals surface area contributed by atoms with Crippen molar-refractivity contribution in [1.29, 1.82) is 0 Å². The summed E-state index contributed by atoms with van der Waals surface area (Å²) in [5.74, 6) is -1.20. The molecule has 0 bridgehead atoms. The van der Waals surface area contributed by atoms with Gasteiger partial charge in [0.25, 0.3) is 21.8 Å². The predicted molar refractivity (Wildman–Crippen MR) is 90.2 cm³/mol. The smallest absolute Gasteiger partial charge is 0.264 e. The number of nitrogens with zero attached hydrogens (tertiary/aromatic N) is 1. The number of nitrogens with one attached hydrogen (secondary N) is 1. The van der Waals surface area contributed by atoms with Gasteiger partial charge in [-0.1, -0.05) is 35.9 Å². The minimum absolute atomic E-state index is 0.125. The van der Waals surface area contributed by atoms with E-state index in [0.29, 0.717) is 5.56 Å². The molecular formula is C16H15ClN2O4S. The van der Waals surface area contributed by atoms with E-state index in [1.54, 1.807) is 30.3 Å². The molecule has 0 saturated heterocycles. The molecule has 0 aliphatic rings. The predicted octanol–water partition coefficient (Wildman–Crippen LogP) is 1.92. The number of benzene rings is 2. The van der Waals surface area contributed by atoms with Crippen LogP contribution in [0.4, 0.5) is 0 Å². The van der Waals surface area contributed by atoms with Crippen LogP contribution in [0.15, 0.2) is 59.5 Å². The van der Waals surface area contributed by atoms with E-state index in [0.717, 1.165) is 4.90 Å². The van der Waals surface area contributed by atoms with Gasteiger partial charge in [-0.2, -0.15) is 0 Å². The summed E-state index contributed by atoms with van der Waals surface area (Å²) in [7, 11) is -2.62. The lowest BCUT2D eigenvalue weighted by Gasteiger charge is -2.17. The van der Waals surface area contributed by atoms with Gasteiger partial charge >= 0.3 is 0 Å². The molecule has 0 spiro atoms. The van der Waals surface area contributed by atoms with E-state index >= 15 is 0 Å². The van der Waals surface area contributed by atoms with Gasteiger partial charge in [0, 0.05) is 17.6 Å². The molecule has 2 rings (SSSR count). The molecule has 0 aliphatic carbocycles. The number of carbonyl (C=O) groups excluding carboxylic acids is 2. The molecule has 0 heterocycles. The Morgan fingerprint density at radius 3 is 2.38 bits per heavy atom. The molecule has 0 fully saturated rings. The molecule has 1 N–H and O–H groups in total. The van der Waals surface area contributed by atoms with Gasteiger partial charge in [0.1, 0.15) is 6.54 Å². The maximum atomic E-state index is 12.1. The fourth-order valence-corrected chi connectivity index (χ4v) is 3.24. The summed E-state index contributed by atoms with van der Waals surface area (Å²) in [4.78, 5) is 25.1. The molecule has 0 atom stereocenters. The summed E-state index contributed by atoms with van der Waals surface area (Å²) < 4.78 is 26.2. The van der Waals surface area contributed by atoms with Crippen molar-refractivity contribution in [2.75, 3.05) is 13.6 Å². The first-order valence-electron chi connectivity index (χ1n) is 6.91. The van der Waals surface area contributed by atoms with E-state index in [1.807, 2.05) is 4.72 Å². The Morgan fingerprint density at radius 2 is 1.75 bits per heavy atom. The van der Waals surface area contributed by atoms with Crippen molar-refractivity contribution in [3.05, 3.63) is 65.2 Å². The standard InChI is InChI=1S/C16H15ClN2O4S/c1-19(16(21)12-6-3-2-4-7-12)11-15(20)18-24(22,23)14-9-5-8-13(17)10-14/h2-10H,11H2,1H3,(H,18,20). The van der Waals surface area contributed by atoms with Crippen molar-refractivity contribution < 1.29 is 18.0 Å². The largest absolute Gasteiger partial charge is 0.332 e. The van der Waals surface area contributed by atoms with Crippen molar-refractivity contribution in [2.24, 2.45) is 0 Å².